The van der Waals surface area contributed by atoms with Crippen LogP contribution >= 0.6 is 11.6 Å². The summed E-state index contributed by atoms with van der Waals surface area (Å²) in [5, 5.41) is 11.9. The zero-order valence-electron chi connectivity index (χ0n) is 19.6. The Hall–Kier alpha value is -2.79. The molecule has 2 unspecified atom stereocenters. The minimum atomic E-state index is -1.47. The number of benzene rings is 1. The quantitative estimate of drug-likeness (QED) is 0.296. The minimum absolute atomic E-state index is 0.00228. The van der Waals surface area contributed by atoms with Gasteiger partial charge >= 0.3 is 12.1 Å². The number of ether oxygens (including phenoxy) is 1. The lowest BCUT2D eigenvalue weighted by Crippen LogP contribution is -2.49. The molecule has 34 heavy (non-hydrogen) atoms. The molecule has 2 atom stereocenters. The molecule has 10 nitrogen and oxygen atoms in total. The predicted octanol–water partition coefficient (Wildman–Crippen LogP) is 2.85. The average Bonchev–Trinajstić information content (AvgIpc) is 3.46. The molecule has 2 amide bonds. The molecule has 2 aliphatic rings. The maximum absolute atomic E-state index is 15.3. The molecule has 6 N–H and O–H groups in total. The number of hydrogen-bond acceptors (Lipinski definition) is 7. The minimum Gasteiger partial charge on any atom is -0.464 e. The van der Waals surface area contributed by atoms with E-state index in [0.717, 1.165) is 18.9 Å². The Bertz CT molecular complexity index is 997. The van der Waals surface area contributed by atoms with Gasteiger partial charge in [0.2, 0.25) is 0 Å². The Kier molecular flexibility index (Phi) is 7.18. The largest absolute Gasteiger partial charge is 0.464 e. The number of nitrogens with one attached hydrogen (secondary N) is 3. The van der Waals surface area contributed by atoms with E-state index in [1.807, 2.05) is 12.3 Å². The number of nitrogens with zero attached hydrogens (tertiary/aromatic N) is 1. The second kappa shape index (κ2) is 9.46. The standard InChI is InChI=1S/C22H31ClFN5O5/c1-21(2,3)34-19(31)17(25)22(4)7-8-29(10-22)16-13(24)9-12(18(30)27-28-20(32)33)15(14(16)23)26-11-5-6-11/h9,11,17,26,28H,5-8,10,25H2,1-4H3,(H,27,30)(H,32,33). The number of halogens is 2. The summed E-state index contributed by atoms with van der Waals surface area (Å²) >= 11 is 6.62. The highest BCUT2D eigenvalue weighted by Crippen LogP contribution is 2.44. The number of rotatable bonds is 6. The third-order valence-corrected chi connectivity index (χ3v) is 6.25. The van der Waals surface area contributed by atoms with Crippen LogP contribution < -0.4 is 26.8 Å². The lowest BCUT2D eigenvalue weighted by Gasteiger charge is -2.32. The van der Waals surface area contributed by atoms with Gasteiger partial charge in [0.05, 0.1) is 22.0 Å². The van der Waals surface area contributed by atoms with Crippen LogP contribution in [0, 0.1) is 11.2 Å². The fraction of sp³-hybridized carbons (Fsp3) is 0.591. The molecule has 0 aromatic heterocycles. The van der Waals surface area contributed by atoms with Gasteiger partial charge in [0, 0.05) is 24.5 Å². The molecule has 12 heteroatoms. The van der Waals surface area contributed by atoms with Gasteiger partial charge in [-0.15, -0.1) is 0 Å². The summed E-state index contributed by atoms with van der Waals surface area (Å²) in [6.45, 7) is 7.75. The van der Waals surface area contributed by atoms with Crippen LogP contribution in [0.2, 0.25) is 5.02 Å². The van der Waals surface area contributed by atoms with Gasteiger partial charge in [-0.1, -0.05) is 18.5 Å². The van der Waals surface area contributed by atoms with Gasteiger partial charge in [-0.3, -0.25) is 15.0 Å². The lowest BCUT2D eigenvalue weighted by molar-refractivity contribution is -0.159. The van der Waals surface area contributed by atoms with E-state index in [4.69, 9.17) is 27.2 Å². The summed E-state index contributed by atoms with van der Waals surface area (Å²) < 4.78 is 20.7. The van der Waals surface area contributed by atoms with Gasteiger partial charge in [0.1, 0.15) is 17.5 Å². The van der Waals surface area contributed by atoms with Crippen LogP contribution in [0.4, 0.5) is 20.6 Å². The van der Waals surface area contributed by atoms with Gasteiger partial charge in [-0.25, -0.2) is 14.6 Å². The van der Waals surface area contributed by atoms with Crippen molar-refractivity contribution in [2.75, 3.05) is 23.3 Å². The molecule has 2 fully saturated rings. The van der Waals surface area contributed by atoms with Crippen LogP contribution in [-0.2, 0) is 9.53 Å². The molecule has 1 saturated carbocycles. The van der Waals surface area contributed by atoms with E-state index in [-0.39, 0.29) is 34.5 Å². The van der Waals surface area contributed by atoms with Crippen molar-refractivity contribution in [3.8, 4) is 0 Å². The molecule has 0 spiro atoms. The molecule has 1 saturated heterocycles. The molecule has 1 aromatic carbocycles. The topological polar surface area (TPSA) is 146 Å². The van der Waals surface area contributed by atoms with Crippen molar-refractivity contribution < 1.29 is 28.6 Å². The maximum Gasteiger partial charge on any atom is 0.423 e. The summed E-state index contributed by atoms with van der Waals surface area (Å²) in [4.78, 5) is 37.5. The molecular formula is C22H31ClFN5O5. The van der Waals surface area contributed by atoms with E-state index in [1.165, 1.54) is 0 Å². The number of hydrazine groups is 1. The predicted molar refractivity (Wildman–Crippen MR) is 125 cm³/mol. The van der Waals surface area contributed by atoms with E-state index in [1.54, 1.807) is 31.1 Å². The first-order valence-electron chi connectivity index (χ1n) is 11.0. The third kappa shape index (κ3) is 5.82. The Labute approximate surface area is 202 Å². The Morgan fingerprint density at radius 2 is 1.97 bits per heavy atom. The number of carboxylic acid groups (broad SMARTS) is 1. The summed E-state index contributed by atoms with van der Waals surface area (Å²) in [5.41, 5.74) is 8.82. The maximum atomic E-state index is 15.3. The van der Waals surface area contributed by atoms with Gasteiger partial charge in [-0.2, -0.15) is 0 Å². The molecule has 1 heterocycles. The highest BCUT2D eigenvalue weighted by molar-refractivity contribution is 6.37. The highest BCUT2D eigenvalue weighted by atomic mass is 35.5. The second-order valence-electron chi connectivity index (χ2n) is 10.1. The van der Waals surface area contributed by atoms with E-state index in [0.29, 0.717) is 13.0 Å². The SMILES string of the molecule is CC(C)(C)OC(=O)C(N)C1(C)CCN(c2c(F)cc(C(=O)NNC(=O)O)c(NC3CC3)c2Cl)C1. The molecule has 188 valence electrons. The van der Waals surface area contributed by atoms with Crippen molar-refractivity contribution >= 4 is 40.9 Å². The Morgan fingerprint density at radius 1 is 1.32 bits per heavy atom. The summed E-state index contributed by atoms with van der Waals surface area (Å²) in [6.07, 6.45) is 0.763. The van der Waals surface area contributed by atoms with Crippen molar-refractivity contribution in [3.05, 3.63) is 22.5 Å². The van der Waals surface area contributed by atoms with Crippen LogP contribution in [0.15, 0.2) is 6.07 Å². The molecule has 1 aliphatic heterocycles. The van der Waals surface area contributed by atoms with Gasteiger partial charge in [0.25, 0.3) is 5.91 Å². The van der Waals surface area contributed by atoms with E-state index < -0.39 is 40.8 Å². The van der Waals surface area contributed by atoms with E-state index in [2.05, 4.69) is 5.32 Å². The second-order valence-corrected chi connectivity index (χ2v) is 10.5. The molecule has 1 aromatic rings. The van der Waals surface area contributed by atoms with E-state index >= 15 is 4.39 Å². The number of carbonyl (C=O) groups excluding carboxylic acids is 2. The Balaban J connectivity index is 1.89. The van der Waals surface area contributed by atoms with Crippen molar-refractivity contribution in [2.24, 2.45) is 11.1 Å². The van der Waals surface area contributed by atoms with Gasteiger partial charge in [-0.05, 0) is 46.1 Å². The number of nitrogens with two attached hydrogens (primary N) is 1. The van der Waals surface area contributed by atoms with Crippen molar-refractivity contribution in [1.29, 1.82) is 0 Å². The lowest BCUT2D eigenvalue weighted by atomic mass is 9.82. The van der Waals surface area contributed by atoms with Gasteiger partial charge in [0.15, 0.2) is 0 Å². The average molecular weight is 500 g/mol. The monoisotopic (exact) mass is 499 g/mol. The van der Waals surface area contributed by atoms with Crippen LogP contribution in [0.3, 0.4) is 0 Å². The van der Waals surface area contributed by atoms with Crippen molar-refractivity contribution in [3.63, 3.8) is 0 Å². The summed E-state index contributed by atoms with van der Waals surface area (Å²) in [5.74, 6) is -2.13. The number of esters is 1. The molecular weight excluding hydrogens is 469 g/mol. The summed E-state index contributed by atoms with van der Waals surface area (Å²) in [6, 6.07) is 0.183. The van der Waals surface area contributed by atoms with Crippen molar-refractivity contribution in [1.82, 2.24) is 10.9 Å². The van der Waals surface area contributed by atoms with Gasteiger partial charge < -0.3 is 25.8 Å². The highest BCUT2D eigenvalue weighted by Gasteiger charge is 2.45. The fourth-order valence-corrected chi connectivity index (χ4v) is 4.27. The molecule has 3 rings (SSSR count). The smallest absolute Gasteiger partial charge is 0.423 e. The van der Waals surface area contributed by atoms with Crippen LogP contribution in [0.25, 0.3) is 0 Å². The van der Waals surface area contributed by atoms with Crippen LogP contribution in [0.5, 0.6) is 0 Å². The Morgan fingerprint density at radius 3 is 2.53 bits per heavy atom. The van der Waals surface area contributed by atoms with Crippen LogP contribution in [-0.4, -0.2) is 53.9 Å². The molecule has 1 aliphatic carbocycles. The first-order valence-corrected chi connectivity index (χ1v) is 11.4. The number of carbonyl (C=O) groups is 3. The first-order chi connectivity index (χ1) is 15.7. The molecule has 0 bridgehead atoms. The summed E-state index contributed by atoms with van der Waals surface area (Å²) in [7, 11) is 0. The fourth-order valence-electron chi connectivity index (χ4n) is 3.91. The number of amides is 2. The zero-order valence-corrected chi connectivity index (χ0v) is 20.4. The van der Waals surface area contributed by atoms with E-state index in [9.17, 15) is 14.4 Å². The molecule has 0 radical (unpaired) electrons. The number of anilines is 2. The zero-order chi connectivity index (χ0) is 25.4. The number of hydrogen-bond donors (Lipinski definition) is 5. The third-order valence-electron chi connectivity index (χ3n) is 5.88. The van der Waals surface area contributed by atoms with Crippen LogP contribution in [0.1, 0.15) is 57.3 Å². The normalized spacial score (nSPS) is 21.1. The van der Waals surface area contributed by atoms with Crippen molar-refractivity contribution in [2.45, 2.75) is 64.6 Å². The first kappa shape index (κ1) is 25.8.